The maximum atomic E-state index is 12.9. The fourth-order valence-electron chi connectivity index (χ4n) is 6.26. The van der Waals surface area contributed by atoms with Gasteiger partial charge in [-0.2, -0.15) is 0 Å². The molecule has 5 atom stereocenters. The Labute approximate surface area is 208 Å². The molecule has 186 valence electrons. The molecule has 2 N–H and O–H groups in total. The van der Waals surface area contributed by atoms with Gasteiger partial charge < -0.3 is 34.1 Å². The first-order chi connectivity index (χ1) is 17.5. The number of nitrogens with one attached hydrogen (secondary N) is 1. The highest BCUT2D eigenvalue weighted by Crippen LogP contribution is 2.69. The van der Waals surface area contributed by atoms with Crippen molar-refractivity contribution in [3.8, 4) is 23.0 Å². The van der Waals surface area contributed by atoms with E-state index in [1.165, 1.54) is 7.11 Å². The van der Waals surface area contributed by atoms with Crippen LogP contribution in [0.3, 0.4) is 0 Å². The third kappa shape index (κ3) is 2.85. The minimum atomic E-state index is -1.71. The molecule has 6 rings (SSSR count). The van der Waals surface area contributed by atoms with Crippen molar-refractivity contribution in [2.75, 3.05) is 27.9 Å². The van der Waals surface area contributed by atoms with E-state index in [0.717, 1.165) is 5.56 Å². The molecule has 1 amide bonds. The number of carbonyl (C=O) groups excluding carboxylic acids is 1. The van der Waals surface area contributed by atoms with Gasteiger partial charge in [-0.3, -0.25) is 4.79 Å². The third-order valence-corrected chi connectivity index (χ3v) is 7.65. The molecule has 2 aliphatic heterocycles. The molecule has 5 unspecified atom stereocenters. The van der Waals surface area contributed by atoms with Crippen molar-refractivity contribution in [3.05, 3.63) is 83.4 Å². The monoisotopic (exact) mass is 489 g/mol. The van der Waals surface area contributed by atoms with Gasteiger partial charge >= 0.3 is 0 Å². The quantitative estimate of drug-likeness (QED) is 0.569. The Balaban J connectivity index is 1.69. The molecular weight excluding hydrogens is 462 g/mol. The Hall–Kier alpha value is -3.75. The minimum Gasteiger partial charge on any atom is -0.497 e. The van der Waals surface area contributed by atoms with Gasteiger partial charge in [0, 0.05) is 12.1 Å². The summed E-state index contributed by atoms with van der Waals surface area (Å²) < 4.78 is 29.6. The lowest BCUT2D eigenvalue weighted by Crippen LogP contribution is -2.56. The van der Waals surface area contributed by atoms with E-state index >= 15 is 0 Å². The number of hydrogen-bond acceptors (Lipinski definition) is 7. The van der Waals surface area contributed by atoms with Crippen molar-refractivity contribution >= 4 is 5.91 Å². The van der Waals surface area contributed by atoms with Crippen LogP contribution in [0.2, 0.25) is 0 Å². The van der Waals surface area contributed by atoms with E-state index in [0.29, 0.717) is 34.1 Å². The van der Waals surface area contributed by atoms with Crippen LogP contribution in [0.25, 0.3) is 0 Å². The van der Waals surface area contributed by atoms with Crippen molar-refractivity contribution < 1.29 is 33.6 Å². The highest BCUT2D eigenvalue weighted by atomic mass is 16.6. The molecule has 0 bridgehead atoms. The summed E-state index contributed by atoms with van der Waals surface area (Å²) in [6, 6.07) is 20.1. The zero-order chi connectivity index (χ0) is 25.1. The predicted octanol–water partition coefficient (Wildman–Crippen LogP) is 2.87. The molecule has 8 nitrogen and oxygen atoms in total. The zero-order valence-electron chi connectivity index (χ0n) is 20.2. The minimum absolute atomic E-state index is 0.169. The number of methoxy groups -OCH3 is 3. The molecule has 2 fully saturated rings. The first kappa shape index (κ1) is 22.7. The van der Waals surface area contributed by atoms with Crippen molar-refractivity contribution in [2.45, 2.75) is 29.3 Å². The van der Waals surface area contributed by atoms with Crippen molar-refractivity contribution in [1.29, 1.82) is 0 Å². The second-order valence-corrected chi connectivity index (χ2v) is 9.25. The van der Waals surface area contributed by atoms with Gasteiger partial charge in [-0.15, -0.1) is 0 Å². The van der Waals surface area contributed by atoms with Crippen LogP contribution < -0.4 is 24.3 Å². The van der Waals surface area contributed by atoms with Crippen molar-refractivity contribution in [1.82, 2.24) is 5.32 Å². The van der Waals surface area contributed by atoms with Crippen LogP contribution in [0, 0.1) is 0 Å². The van der Waals surface area contributed by atoms with E-state index < -0.39 is 29.3 Å². The van der Waals surface area contributed by atoms with Gasteiger partial charge in [0.05, 0.1) is 38.9 Å². The Morgan fingerprint density at radius 1 is 0.944 bits per heavy atom. The fraction of sp³-hybridized carbons (Fsp3) is 0.321. The summed E-state index contributed by atoms with van der Waals surface area (Å²) >= 11 is 0. The molecule has 8 heteroatoms. The average Bonchev–Trinajstić information content (AvgIpc) is 3.30. The molecule has 1 aliphatic carbocycles. The van der Waals surface area contributed by atoms with Gasteiger partial charge in [0.25, 0.3) is 0 Å². The normalized spacial score (nSPS) is 29.9. The summed E-state index contributed by atoms with van der Waals surface area (Å²) in [5.41, 5.74) is -1.01. The van der Waals surface area contributed by atoms with Crippen LogP contribution in [-0.2, 0) is 20.7 Å². The predicted molar refractivity (Wildman–Crippen MR) is 130 cm³/mol. The molecule has 1 saturated heterocycles. The van der Waals surface area contributed by atoms with E-state index in [1.807, 2.05) is 54.6 Å². The highest BCUT2D eigenvalue weighted by Gasteiger charge is 2.78. The molecule has 3 aromatic rings. The molecule has 1 saturated carbocycles. The molecule has 0 radical (unpaired) electrons. The summed E-state index contributed by atoms with van der Waals surface area (Å²) in [6.45, 7) is -0.169. The summed E-state index contributed by atoms with van der Waals surface area (Å²) in [6.07, 6.45) is -0.814. The van der Waals surface area contributed by atoms with Gasteiger partial charge in [-0.05, 0) is 23.3 Å². The number of ether oxygens (including phenoxy) is 5. The number of amides is 1. The third-order valence-electron chi connectivity index (χ3n) is 7.65. The van der Waals surface area contributed by atoms with Crippen molar-refractivity contribution in [2.24, 2.45) is 0 Å². The summed E-state index contributed by atoms with van der Waals surface area (Å²) in [7, 11) is 4.70. The fourth-order valence-corrected chi connectivity index (χ4v) is 6.26. The SMILES string of the molecule is COc1ccc(C23Oc4cc(OC)cc(OC)c4C2(O)C2OCC(=O)NC2C3c2ccccc2)cc1. The van der Waals surface area contributed by atoms with Gasteiger partial charge in [-0.1, -0.05) is 42.5 Å². The van der Waals surface area contributed by atoms with Crippen LogP contribution >= 0.6 is 0 Å². The molecular formula is C28H27NO7. The lowest BCUT2D eigenvalue weighted by Gasteiger charge is -2.41. The van der Waals surface area contributed by atoms with E-state index in [-0.39, 0.29) is 12.5 Å². The van der Waals surface area contributed by atoms with Crippen LogP contribution in [0.5, 0.6) is 23.0 Å². The number of aliphatic hydroxyl groups is 1. The Morgan fingerprint density at radius 2 is 1.67 bits per heavy atom. The van der Waals surface area contributed by atoms with Crippen LogP contribution in [0.15, 0.2) is 66.7 Å². The van der Waals surface area contributed by atoms with Gasteiger partial charge in [0.15, 0.2) is 11.2 Å². The molecule has 3 aromatic carbocycles. The molecule has 36 heavy (non-hydrogen) atoms. The van der Waals surface area contributed by atoms with Crippen LogP contribution in [0.4, 0.5) is 0 Å². The number of rotatable bonds is 5. The topological polar surface area (TPSA) is 95.5 Å². The summed E-state index contributed by atoms with van der Waals surface area (Å²) in [5.74, 6) is 1.30. The van der Waals surface area contributed by atoms with Crippen molar-refractivity contribution in [3.63, 3.8) is 0 Å². The summed E-state index contributed by atoms with van der Waals surface area (Å²) in [4.78, 5) is 12.6. The lowest BCUT2D eigenvalue weighted by atomic mass is 9.71. The highest BCUT2D eigenvalue weighted by molar-refractivity contribution is 5.79. The van der Waals surface area contributed by atoms with E-state index in [9.17, 15) is 9.90 Å². The zero-order valence-corrected chi connectivity index (χ0v) is 20.2. The van der Waals surface area contributed by atoms with E-state index in [4.69, 9.17) is 23.7 Å². The Kier molecular flexibility index (Phi) is 5.14. The molecule has 0 spiro atoms. The van der Waals surface area contributed by atoms with Gasteiger partial charge in [0.2, 0.25) is 5.91 Å². The largest absolute Gasteiger partial charge is 0.497 e. The van der Waals surface area contributed by atoms with Gasteiger partial charge in [0.1, 0.15) is 35.7 Å². The molecule has 3 aliphatic rings. The maximum absolute atomic E-state index is 12.9. The van der Waals surface area contributed by atoms with E-state index in [1.54, 1.807) is 26.4 Å². The molecule has 2 heterocycles. The maximum Gasteiger partial charge on any atom is 0.246 e. The number of fused-ring (bicyclic) bond motifs is 5. The Morgan fingerprint density at radius 3 is 2.33 bits per heavy atom. The number of carbonyl (C=O) groups is 1. The lowest BCUT2D eigenvalue weighted by molar-refractivity contribution is -0.177. The first-order valence-corrected chi connectivity index (χ1v) is 11.8. The average molecular weight is 490 g/mol. The second-order valence-electron chi connectivity index (χ2n) is 9.25. The smallest absolute Gasteiger partial charge is 0.246 e. The van der Waals surface area contributed by atoms with Crippen LogP contribution in [0.1, 0.15) is 22.6 Å². The number of hydrogen-bond donors (Lipinski definition) is 2. The van der Waals surface area contributed by atoms with E-state index in [2.05, 4.69) is 5.32 Å². The number of benzene rings is 3. The van der Waals surface area contributed by atoms with Crippen LogP contribution in [-0.4, -0.2) is 51.1 Å². The Bertz CT molecular complexity index is 1310. The molecule has 0 aromatic heterocycles. The second kappa shape index (κ2) is 8.15. The van der Waals surface area contributed by atoms with Gasteiger partial charge in [-0.25, -0.2) is 0 Å². The number of morpholine rings is 1. The first-order valence-electron chi connectivity index (χ1n) is 11.8. The standard InChI is InChI=1S/C28H27NO7/c1-32-18-11-9-17(10-12-18)28-23(16-7-5-4-6-8-16)25-26(35-15-22(30)29-25)27(28,31)24-20(34-3)13-19(33-2)14-21(24)36-28/h4-14,23,25-26,31H,15H2,1-3H3,(H,29,30). The summed E-state index contributed by atoms with van der Waals surface area (Å²) in [5, 5.41) is 16.0.